The van der Waals surface area contributed by atoms with E-state index < -0.39 is 16.4 Å². The quantitative estimate of drug-likeness (QED) is 0.458. The Labute approximate surface area is 129 Å². The number of esters is 1. The Hall–Kier alpha value is -1.68. The largest absolute Gasteiger partial charge is 0.453 e. The molecule has 0 saturated carbocycles. The number of ether oxygens (including phenoxy) is 1. The topological polar surface area (TPSA) is 60.4 Å². The molecule has 0 saturated heterocycles. The first-order chi connectivity index (χ1) is 9.67. The molecule has 1 rings (SSSR count). The summed E-state index contributed by atoms with van der Waals surface area (Å²) in [7, 11) is 0. The lowest BCUT2D eigenvalue weighted by molar-refractivity contribution is -0.160. The van der Waals surface area contributed by atoms with E-state index in [0.29, 0.717) is 35.7 Å². The van der Waals surface area contributed by atoms with Crippen molar-refractivity contribution in [3.05, 3.63) is 34.9 Å². The summed E-state index contributed by atoms with van der Waals surface area (Å²) in [5.41, 5.74) is 0.198. The van der Waals surface area contributed by atoms with Crippen LogP contribution < -0.4 is 0 Å². The number of hydrogen-bond donors (Lipinski definition) is 0. The summed E-state index contributed by atoms with van der Waals surface area (Å²) in [6, 6.07) is 4.65. The normalized spacial score (nSPS) is 14.1. The molecule has 0 radical (unpaired) electrons. The molecular weight excluding hydrogens is 292 g/mol. The van der Waals surface area contributed by atoms with Gasteiger partial charge >= 0.3 is 5.97 Å². The average molecular weight is 311 g/mol. The van der Waals surface area contributed by atoms with Crippen LogP contribution >= 0.6 is 11.6 Å². The van der Waals surface area contributed by atoms with Crippen LogP contribution in [0, 0.1) is 0 Å². The van der Waals surface area contributed by atoms with Crippen LogP contribution in [0.2, 0.25) is 0 Å². The van der Waals surface area contributed by atoms with Crippen molar-refractivity contribution in [3.63, 3.8) is 0 Å². The van der Waals surface area contributed by atoms with E-state index in [1.54, 1.807) is 39.8 Å². The van der Waals surface area contributed by atoms with Gasteiger partial charge in [-0.05, 0) is 33.3 Å². The molecule has 0 aromatic heterocycles. The summed E-state index contributed by atoms with van der Waals surface area (Å²) in [5, 5.41) is 0. The van der Waals surface area contributed by atoms with Gasteiger partial charge in [0.25, 0.3) is 0 Å². The van der Waals surface area contributed by atoms with Gasteiger partial charge in [-0.25, -0.2) is 0 Å². The van der Waals surface area contributed by atoms with Crippen molar-refractivity contribution in [2.24, 2.45) is 0 Å². The molecule has 1 atom stereocenters. The molecule has 0 aliphatic rings. The number of benzene rings is 1. The first kappa shape index (κ1) is 17.4. The first-order valence-corrected chi connectivity index (χ1v) is 7.03. The maximum absolute atomic E-state index is 12.1. The second kappa shape index (κ2) is 6.39. The van der Waals surface area contributed by atoms with Crippen molar-refractivity contribution >= 4 is 30.1 Å². The molecule has 0 spiro atoms. The molecule has 0 bridgehead atoms. The lowest BCUT2D eigenvalue weighted by atomic mass is 9.92. The van der Waals surface area contributed by atoms with E-state index in [1.165, 1.54) is 6.07 Å². The van der Waals surface area contributed by atoms with E-state index in [1.807, 2.05) is 0 Å². The summed E-state index contributed by atoms with van der Waals surface area (Å²) in [6.07, 6.45) is 1.72. The molecule has 1 aromatic carbocycles. The molecule has 21 heavy (non-hydrogen) atoms. The summed E-state index contributed by atoms with van der Waals surface area (Å²) < 4.78 is 5.48. The Kier molecular flexibility index (Phi) is 5.29. The third-order valence-electron chi connectivity index (χ3n) is 3.42. The van der Waals surface area contributed by atoms with Gasteiger partial charge in [0.1, 0.15) is 16.8 Å². The van der Waals surface area contributed by atoms with Crippen LogP contribution in [0.5, 0.6) is 0 Å². The molecule has 0 amide bonds. The van der Waals surface area contributed by atoms with E-state index >= 15 is 0 Å². The Morgan fingerprint density at radius 3 is 2.33 bits per heavy atom. The van der Waals surface area contributed by atoms with Gasteiger partial charge in [0.15, 0.2) is 6.29 Å². The Bertz CT molecular complexity index is 561. The van der Waals surface area contributed by atoms with Gasteiger partial charge in [0.05, 0.1) is 0 Å². The summed E-state index contributed by atoms with van der Waals surface area (Å²) >= 11 is 6.10. The van der Waals surface area contributed by atoms with Crippen LogP contribution in [0.1, 0.15) is 60.4 Å². The fraction of sp³-hybridized carbons (Fsp3) is 0.438. The van der Waals surface area contributed by atoms with Crippen LogP contribution in [0.15, 0.2) is 18.2 Å². The fourth-order valence-corrected chi connectivity index (χ4v) is 1.88. The highest BCUT2D eigenvalue weighted by Gasteiger charge is 2.36. The molecule has 1 aromatic rings. The van der Waals surface area contributed by atoms with E-state index in [9.17, 15) is 14.4 Å². The molecule has 0 heterocycles. The van der Waals surface area contributed by atoms with E-state index in [0.717, 1.165) is 0 Å². The molecule has 1 unspecified atom stereocenters. The van der Waals surface area contributed by atoms with Gasteiger partial charge < -0.3 is 4.74 Å². The third kappa shape index (κ3) is 3.91. The van der Waals surface area contributed by atoms with Crippen molar-refractivity contribution in [3.8, 4) is 0 Å². The first-order valence-electron chi connectivity index (χ1n) is 6.65. The van der Waals surface area contributed by atoms with Crippen LogP contribution in [0.4, 0.5) is 0 Å². The third-order valence-corrected chi connectivity index (χ3v) is 3.85. The zero-order valence-electron chi connectivity index (χ0n) is 12.6. The molecule has 5 heteroatoms. The van der Waals surface area contributed by atoms with Gasteiger partial charge in [-0.2, -0.15) is 0 Å². The molecule has 114 valence electrons. The van der Waals surface area contributed by atoms with E-state index in [2.05, 4.69) is 0 Å². The maximum Gasteiger partial charge on any atom is 0.327 e. The van der Waals surface area contributed by atoms with Crippen molar-refractivity contribution in [2.75, 3.05) is 0 Å². The summed E-state index contributed by atoms with van der Waals surface area (Å²) in [4.78, 5) is 33.0. The van der Waals surface area contributed by atoms with Gasteiger partial charge in [0.2, 0.25) is 0 Å². The Balaban J connectivity index is 3.16. The van der Waals surface area contributed by atoms with Crippen LogP contribution in [0.3, 0.4) is 0 Å². The van der Waals surface area contributed by atoms with Crippen LogP contribution in [-0.4, -0.2) is 23.4 Å². The summed E-state index contributed by atoms with van der Waals surface area (Å²) in [5.74, 6) is -0.548. The molecule has 0 N–H and O–H groups in total. The highest BCUT2D eigenvalue weighted by atomic mass is 35.5. The molecule has 4 nitrogen and oxygen atoms in total. The lowest BCUT2D eigenvalue weighted by Crippen LogP contribution is -2.37. The highest BCUT2D eigenvalue weighted by Crippen LogP contribution is 2.31. The van der Waals surface area contributed by atoms with E-state index in [4.69, 9.17) is 16.3 Å². The van der Waals surface area contributed by atoms with Gasteiger partial charge in [-0.1, -0.05) is 19.1 Å². The predicted octanol–water partition coefficient (Wildman–Crippen LogP) is 3.50. The monoisotopic (exact) mass is 310 g/mol. The second-order valence-corrected chi connectivity index (χ2v) is 6.37. The number of rotatable bonds is 6. The minimum absolute atomic E-state index is 0.310. The number of alkyl halides is 1. The summed E-state index contributed by atoms with van der Waals surface area (Å²) in [6.45, 7) is 6.73. The van der Waals surface area contributed by atoms with Crippen molar-refractivity contribution < 1.29 is 19.1 Å². The Morgan fingerprint density at radius 2 is 1.86 bits per heavy atom. The van der Waals surface area contributed by atoms with Crippen LogP contribution in [0.25, 0.3) is 0 Å². The fourth-order valence-electron chi connectivity index (χ4n) is 1.84. The van der Waals surface area contributed by atoms with Crippen molar-refractivity contribution in [1.29, 1.82) is 0 Å². The molecular formula is C16H19ClO4. The zero-order chi connectivity index (χ0) is 16.3. The average Bonchev–Trinajstić information content (AvgIpc) is 2.45. The van der Waals surface area contributed by atoms with E-state index in [-0.39, 0.29) is 0 Å². The van der Waals surface area contributed by atoms with Gasteiger partial charge in [-0.15, -0.1) is 11.6 Å². The van der Waals surface area contributed by atoms with Crippen molar-refractivity contribution in [1.82, 2.24) is 0 Å². The van der Waals surface area contributed by atoms with Crippen LogP contribution in [-0.2, 0) is 15.1 Å². The minimum Gasteiger partial charge on any atom is -0.453 e. The standard InChI is InChI=1S/C16H19ClO4/c1-5-16(4,17)14(20)21-15(2,3)13-7-6-11(9-18)8-12(13)10-19/h6-10H,5H2,1-4H3. The number of carbonyl (C=O) groups is 3. The van der Waals surface area contributed by atoms with Crippen molar-refractivity contribution in [2.45, 2.75) is 44.6 Å². The molecule has 0 fully saturated rings. The molecule has 0 aliphatic carbocycles. The SMILES string of the molecule is CCC(C)(Cl)C(=O)OC(C)(C)c1ccc(C=O)cc1C=O. The number of hydrogen-bond acceptors (Lipinski definition) is 4. The lowest BCUT2D eigenvalue weighted by Gasteiger charge is -2.30. The Morgan fingerprint density at radius 1 is 1.24 bits per heavy atom. The highest BCUT2D eigenvalue weighted by molar-refractivity contribution is 6.33. The molecule has 0 aliphatic heterocycles. The number of halogens is 1. The maximum atomic E-state index is 12.1. The number of aldehydes is 2. The van der Waals surface area contributed by atoms with Gasteiger partial charge in [0, 0.05) is 16.7 Å². The predicted molar refractivity (Wildman–Crippen MR) is 80.9 cm³/mol. The second-order valence-electron chi connectivity index (χ2n) is 5.53. The zero-order valence-corrected chi connectivity index (χ0v) is 13.4. The van der Waals surface area contributed by atoms with Gasteiger partial charge in [-0.3, -0.25) is 14.4 Å². The smallest absolute Gasteiger partial charge is 0.327 e. The minimum atomic E-state index is -1.11. The number of carbonyl (C=O) groups excluding carboxylic acids is 3.